The number of anilines is 6. The summed E-state index contributed by atoms with van der Waals surface area (Å²) in [5.41, 5.74) is 8.14. The Hall–Kier alpha value is -6.47. The van der Waals surface area contributed by atoms with Gasteiger partial charge in [0.05, 0.1) is 0 Å². The maximum Gasteiger partial charge on any atom is 0.224 e. The Morgan fingerprint density at radius 1 is 0.346 bits per heavy atom. The van der Waals surface area contributed by atoms with Crippen LogP contribution in [0, 0.1) is 0 Å². The predicted molar refractivity (Wildman–Crippen MR) is 211 cm³/mol. The zero-order valence-corrected chi connectivity index (χ0v) is 29.0. The molecule has 6 aromatic rings. The lowest BCUT2D eigenvalue weighted by molar-refractivity contribution is -0.117. The molecule has 0 saturated heterocycles. The molecule has 0 saturated carbocycles. The van der Waals surface area contributed by atoms with E-state index in [1.807, 2.05) is 164 Å². The highest BCUT2D eigenvalue weighted by atomic mass is 16.2. The van der Waals surface area contributed by atoms with Gasteiger partial charge in [-0.05, 0) is 109 Å². The van der Waals surface area contributed by atoms with Crippen LogP contribution in [0.2, 0.25) is 0 Å². The van der Waals surface area contributed by atoms with Crippen LogP contribution >= 0.6 is 0 Å². The van der Waals surface area contributed by atoms with E-state index >= 15 is 0 Å². The van der Waals surface area contributed by atoms with E-state index in [9.17, 15) is 14.4 Å². The molecule has 0 unspecified atom stereocenters. The molecule has 6 rings (SSSR count). The number of nitrogens with one attached hydrogen (secondary N) is 3. The highest BCUT2D eigenvalue weighted by molar-refractivity contribution is 5.93. The molecule has 3 amide bonds. The van der Waals surface area contributed by atoms with Crippen LogP contribution in [-0.4, -0.2) is 17.7 Å². The Balaban J connectivity index is 1.14. The quantitative estimate of drug-likeness (QED) is 0.100. The van der Waals surface area contributed by atoms with Gasteiger partial charge in [0.2, 0.25) is 17.7 Å². The molecule has 52 heavy (non-hydrogen) atoms. The van der Waals surface area contributed by atoms with Crippen LogP contribution < -0.4 is 20.9 Å². The molecule has 0 aliphatic carbocycles. The first kappa shape index (κ1) is 35.4. The summed E-state index contributed by atoms with van der Waals surface area (Å²) in [6, 6.07) is 53.1. The van der Waals surface area contributed by atoms with E-state index in [2.05, 4.69) is 20.9 Å². The van der Waals surface area contributed by atoms with Crippen LogP contribution in [0.25, 0.3) is 0 Å². The lowest BCUT2D eigenvalue weighted by atomic mass is 10.1. The van der Waals surface area contributed by atoms with Gasteiger partial charge in [-0.25, -0.2) is 0 Å². The predicted octanol–water partition coefficient (Wildman–Crippen LogP) is 9.87. The van der Waals surface area contributed by atoms with Crippen molar-refractivity contribution in [2.24, 2.45) is 0 Å². The first-order valence-corrected chi connectivity index (χ1v) is 17.6. The van der Waals surface area contributed by atoms with Gasteiger partial charge in [0.1, 0.15) is 0 Å². The number of nitrogens with zero attached hydrogens (tertiary/aromatic N) is 1. The highest BCUT2D eigenvalue weighted by Gasteiger charge is 2.15. The summed E-state index contributed by atoms with van der Waals surface area (Å²) < 4.78 is 0. The molecule has 7 nitrogen and oxygen atoms in total. The minimum atomic E-state index is -0.0451. The molecule has 260 valence electrons. The molecule has 3 N–H and O–H groups in total. The number of aryl methyl sites for hydroxylation is 3. The second-order valence-corrected chi connectivity index (χ2v) is 12.6. The molecule has 7 heteroatoms. The molecule has 0 spiro atoms. The standard InChI is InChI=1S/C45H42N4O3/c50-43(31-16-34-10-4-1-5-11-34)46-37-19-25-40(26-20-37)49(41-27-21-38(22-28-41)47-44(51)32-17-35-12-6-2-7-13-35)42-29-23-39(24-30-42)48-45(52)33-18-36-14-8-3-9-15-36/h1-15,19-30H,16-18,31-33H2,(H,46,50)(H,47,51)(H,48,52). The molecule has 0 aliphatic heterocycles. The lowest BCUT2D eigenvalue weighted by Crippen LogP contribution is -2.14. The fourth-order valence-electron chi connectivity index (χ4n) is 5.91. The minimum Gasteiger partial charge on any atom is -0.326 e. The Labute approximate surface area is 305 Å². The second-order valence-electron chi connectivity index (χ2n) is 12.6. The Morgan fingerprint density at radius 3 is 0.846 bits per heavy atom. The van der Waals surface area contributed by atoms with Gasteiger partial charge in [0, 0.05) is 53.4 Å². The van der Waals surface area contributed by atoms with E-state index in [1.165, 1.54) is 0 Å². The van der Waals surface area contributed by atoms with Gasteiger partial charge in [-0.2, -0.15) is 0 Å². The fraction of sp³-hybridized carbons (Fsp3) is 0.133. The zero-order valence-electron chi connectivity index (χ0n) is 29.0. The lowest BCUT2D eigenvalue weighted by Gasteiger charge is -2.26. The Kier molecular flexibility index (Phi) is 12.2. The summed E-state index contributed by atoms with van der Waals surface area (Å²) >= 11 is 0. The average Bonchev–Trinajstić information content (AvgIpc) is 3.19. The van der Waals surface area contributed by atoms with Crippen molar-refractivity contribution < 1.29 is 14.4 Å². The fourth-order valence-corrected chi connectivity index (χ4v) is 5.91. The Morgan fingerprint density at radius 2 is 0.596 bits per heavy atom. The zero-order chi connectivity index (χ0) is 36.0. The SMILES string of the molecule is O=C(CCc1ccccc1)Nc1ccc(N(c2ccc(NC(=O)CCc3ccccc3)cc2)c2ccc(NC(=O)CCc3ccccc3)cc2)cc1. The first-order valence-electron chi connectivity index (χ1n) is 17.6. The summed E-state index contributed by atoms with van der Waals surface area (Å²) in [4.78, 5) is 40.2. The van der Waals surface area contributed by atoms with Gasteiger partial charge in [-0.1, -0.05) is 91.0 Å². The molecule has 0 heterocycles. The van der Waals surface area contributed by atoms with Gasteiger partial charge in [-0.15, -0.1) is 0 Å². The molecule has 0 fully saturated rings. The molecule has 0 bridgehead atoms. The van der Waals surface area contributed by atoms with Crippen molar-refractivity contribution >= 4 is 51.8 Å². The summed E-state index contributed by atoms with van der Waals surface area (Å²) in [6.07, 6.45) is 3.19. The van der Waals surface area contributed by atoms with Gasteiger partial charge in [0.15, 0.2) is 0 Å². The van der Waals surface area contributed by atoms with Gasteiger partial charge in [0.25, 0.3) is 0 Å². The van der Waals surface area contributed by atoms with Crippen LogP contribution in [0.1, 0.15) is 36.0 Å². The van der Waals surface area contributed by atoms with E-state index in [-0.39, 0.29) is 17.7 Å². The highest BCUT2D eigenvalue weighted by Crippen LogP contribution is 2.36. The van der Waals surface area contributed by atoms with E-state index in [1.54, 1.807) is 0 Å². The van der Waals surface area contributed by atoms with Crippen molar-refractivity contribution in [2.45, 2.75) is 38.5 Å². The summed E-state index contributed by atoms with van der Waals surface area (Å²) in [6.45, 7) is 0. The minimum absolute atomic E-state index is 0.0451. The van der Waals surface area contributed by atoms with Crippen molar-refractivity contribution in [3.63, 3.8) is 0 Å². The second kappa shape index (κ2) is 18.0. The molecule has 0 aromatic heterocycles. The average molecular weight is 687 g/mol. The molecule has 0 atom stereocenters. The molecular weight excluding hydrogens is 645 g/mol. The van der Waals surface area contributed by atoms with Crippen LogP contribution in [0.3, 0.4) is 0 Å². The monoisotopic (exact) mass is 686 g/mol. The summed E-state index contributed by atoms with van der Waals surface area (Å²) in [5.74, 6) is -0.135. The van der Waals surface area contributed by atoms with Crippen molar-refractivity contribution in [2.75, 3.05) is 20.9 Å². The third-order valence-electron chi connectivity index (χ3n) is 8.68. The number of benzene rings is 6. The summed E-state index contributed by atoms with van der Waals surface area (Å²) in [7, 11) is 0. The van der Waals surface area contributed by atoms with Crippen molar-refractivity contribution in [1.82, 2.24) is 0 Å². The topological polar surface area (TPSA) is 90.5 Å². The number of hydrogen-bond donors (Lipinski definition) is 3. The van der Waals surface area contributed by atoms with Crippen LogP contribution in [0.4, 0.5) is 34.1 Å². The maximum atomic E-state index is 12.7. The van der Waals surface area contributed by atoms with Crippen LogP contribution in [0.5, 0.6) is 0 Å². The van der Waals surface area contributed by atoms with Crippen molar-refractivity contribution in [3.8, 4) is 0 Å². The molecule has 0 aliphatic rings. The van der Waals surface area contributed by atoms with E-state index < -0.39 is 0 Å². The maximum absolute atomic E-state index is 12.7. The van der Waals surface area contributed by atoms with Gasteiger partial charge < -0.3 is 20.9 Å². The number of carbonyl (C=O) groups is 3. The normalized spacial score (nSPS) is 10.6. The van der Waals surface area contributed by atoms with E-state index in [0.717, 1.165) is 33.8 Å². The third-order valence-corrected chi connectivity index (χ3v) is 8.68. The number of hydrogen-bond acceptors (Lipinski definition) is 4. The van der Waals surface area contributed by atoms with E-state index in [4.69, 9.17) is 0 Å². The van der Waals surface area contributed by atoms with Gasteiger partial charge in [-0.3, -0.25) is 14.4 Å². The molecular formula is C45H42N4O3. The van der Waals surface area contributed by atoms with Crippen molar-refractivity contribution in [1.29, 1.82) is 0 Å². The number of amides is 3. The Bertz CT molecular complexity index is 1790. The molecule has 6 aromatic carbocycles. The molecule has 0 radical (unpaired) electrons. The van der Waals surface area contributed by atoms with Crippen LogP contribution in [0.15, 0.2) is 164 Å². The first-order chi connectivity index (χ1) is 25.5. The smallest absolute Gasteiger partial charge is 0.224 e. The third kappa shape index (κ3) is 10.5. The number of carbonyl (C=O) groups excluding carboxylic acids is 3. The summed E-state index contributed by atoms with van der Waals surface area (Å²) in [5, 5.41) is 9.04. The van der Waals surface area contributed by atoms with Crippen molar-refractivity contribution in [3.05, 3.63) is 180 Å². The van der Waals surface area contributed by atoms with Gasteiger partial charge >= 0.3 is 0 Å². The van der Waals surface area contributed by atoms with E-state index in [0.29, 0.717) is 55.6 Å². The largest absolute Gasteiger partial charge is 0.326 e. The number of rotatable bonds is 15. The van der Waals surface area contributed by atoms with Crippen LogP contribution in [-0.2, 0) is 33.6 Å².